The Hall–Kier alpha value is -1.38. The lowest BCUT2D eigenvalue weighted by Gasteiger charge is -2.39. The van der Waals surface area contributed by atoms with Crippen molar-refractivity contribution in [2.45, 2.75) is 18.1 Å². The van der Waals surface area contributed by atoms with Gasteiger partial charge in [0.25, 0.3) is 0 Å². The summed E-state index contributed by atoms with van der Waals surface area (Å²) in [5.74, 6) is 0. The topological polar surface area (TPSA) is 18.5 Å². The fourth-order valence-corrected chi connectivity index (χ4v) is 2.55. The van der Waals surface area contributed by atoms with Crippen LogP contribution in [0.5, 0.6) is 0 Å². The summed E-state index contributed by atoms with van der Waals surface area (Å²) >= 11 is 0. The van der Waals surface area contributed by atoms with Gasteiger partial charge in [-0.1, -0.05) is 54.6 Å². The molecular weight excluding hydrogens is 212 g/mol. The predicted octanol–water partition coefficient (Wildman–Crippen LogP) is 2.81. The van der Waals surface area contributed by atoms with Crippen LogP contribution in [0.4, 0.5) is 0 Å². The van der Waals surface area contributed by atoms with Crippen LogP contribution in [0, 0.1) is 0 Å². The van der Waals surface area contributed by atoms with Gasteiger partial charge in [-0.2, -0.15) is 0 Å². The molecule has 88 valence electrons. The van der Waals surface area contributed by atoms with Crippen molar-refractivity contribution in [3.8, 4) is 0 Å². The first-order chi connectivity index (χ1) is 8.42. The Kier molecular flexibility index (Phi) is 2.83. The van der Waals surface area contributed by atoms with Crippen LogP contribution in [0.25, 0.3) is 0 Å². The van der Waals surface area contributed by atoms with E-state index in [0.29, 0.717) is 13.2 Å². The van der Waals surface area contributed by atoms with Gasteiger partial charge in [-0.25, -0.2) is 0 Å². The van der Waals surface area contributed by atoms with Crippen LogP contribution < -0.4 is 0 Å². The van der Waals surface area contributed by atoms with Crippen LogP contribution in [0.2, 0.25) is 0 Å². The summed E-state index contributed by atoms with van der Waals surface area (Å²) in [6.07, 6.45) is 9.33. The summed E-state index contributed by atoms with van der Waals surface area (Å²) in [4.78, 5) is 0. The first-order valence-electron chi connectivity index (χ1n) is 6.04. The molecule has 0 aliphatic carbocycles. The van der Waals surface area contributed by atoms with Crippen LogP contribution in [0.3, 0.4) is 0 Å². The predicted molar refractivity (Wildman–Crippen MR) is 66.7 cm³/mol. The van der Waals surface area contributed by atoms with Crippen molar-refractivity contribution in [3.63, 3.8) is 0 Å². The van der Waals surface area contributed by atoms with Gasteiger partial charge >= 0.3 is 0 Å². The molecule has 2 aliphatic rings. The van der Waals surface area contributed by atoms with Crippen molar-refractivity contribution in [1.29, 1.82) is 0 Å². The molecule has 0 spiro atoms. The van der Waals surface area contributed by atoms with Gasteiger partial charge in [0.15, 0.2) is 0 Å². The van der Waals surface area contributed by atoms with Gasteiger partial charge in [0, 0.05) is 6.42 Å². The second-order valence-electron chi connectivity index (χ2n) is 4.42. The summed E-state index contributed by atoms with van der Waals surface area (Å²) in [5.41, 5.74) is 0.851. The monoisotopic (exact) mass is 228 g/mol. The maximum Gasteiger partial charge on any atom is 0.127 e. The van der Waals surface area contributed by atoms with E-state index in [1.807, 2.05) is 6.07 Å². The fraction of sp³-hybridized carbons (Fsp3) is 0.333. The molecule has 0 saturated heterocycles. The minimum atomic E-state index is -0.344. The third kappa shape index (κ3) is 1.84. The average molecular weight is 228 g/mol. The maximum atomic E-state index is 6.07. The third-order valence-corrected chi connectivity index (χ3v) is 3.43. The quantitative estimate of drug-likeness (QED) is 0.725. The second-order valence-corrected chi connectivity index (χ2v) is 4.42. The first kappa shape index (κ1) is 10.8. The van der Waals surface area contributed by atoms with Crippen LogP contribution in [-0.4, -0.2) is 19.3 Å². The molecule has 17 heavy (non-hydrogen) atoms. The zero-order valence-corrected chi connectivity index (χ0v) is 9.71. The fourth-order valence-electron chi connectivity index (χ4n) is 2.55. The maximum absolute atomic E-state index is 6.07. The van der Waals surface area contributed by atoms with E-state index in [-0.39, 0.29) is 11.7 Å². The average Bonchev–Trinajstić information content (AvgIpc) is 2.95. The van der Waals surface area contributed by atoms with Crippen molar-refractivity contribution >= 4 is 0 Å². The van der Waals surface area contributed by atoms with E-state index in [0.717, 1.165) is 6.42 Å². The van der Waals surface area contributed by atoms with Gasteiger partial charge in [0.1, 0.15) is 11.7 Å². The standard InChI is InChI=1S/C15H16O2/c1-2-7-13(8-3-1)15(10-4-5-12-17-15)14-9-6-11-16-14/h1-9,14H,10-12H2. The lowest BCUT2D eigenvalue weighted by Crippen LogP contribution is -2.42. The smallest absolute Gasteiger partial charge is 0.127 e. The molecule has 0 fully saturated rings. The highest BCUT2D eigenvalue weighted by atomic mass is 16.6. The molecule has 1 aromatic carbocycles. The molecule has 0 radical (unpaired) electrons. The molecule has 0 N–H and O–H groups in total. The van der Waals surface area contributed by atoms with Crippen LogP contribution in [0.1, 0.15) is 12.0 Å². The van der Waals surface area contributed by atoms with Gasteiger partial charge in [-0.3, -0.25) is 0 Å². The van der Waals surface area contributed by atoms with Crippen molar-refractivity contribution in [2.24, 2.45) is 0 Å². The van der Waals surface area contributed by atoms with E-state index in [9.17, 15) is 0 Å². The molecule has 2 heterocycles. The Morgan fingerprint density at radius 2 is 1.88 bits per heavy atom. The minimum absolute atomic E-state index is 0.0230. The largest absolute Gasteiger partial charge is 0.367 e. The zero-order chi connectivity index (χ0) is 11.6. The van der Waals surface area contributed by atoms with E-state index in [1.165, 1.54) is 5.56 Å². The molecule has 2 aliphatic heterocycles. The summed E-state index contributed by atoms with van der Waals surface area (Å²) in [6, 6.07) is 10.4. The lowest BCUT2D eigenvalue weighted by molar-refractivity contribution is -0.120. The Bertz CT molecular complexity index is 435. The van der Waals surface area contributed by atoms with E-state index in [4.69, 9.17) is 9.47 Å². The number of ether oxygens (including phenoxy) is 2. The normalized spacial score (nSPS) is 31.9. The SMILES string of the molecule is C1=CC(C2(c3ccccc3)CC=CCO2)OC1. The molecule has 1 aromatic rings. The summed E-state index contributed by atoms with van der Waals surface area (Å²) in [5, 5.41) is 0. The number of hydrogen-bond acceptors (Lipinski definition) is 2. The summed E-state index contributed by atoms with van der Waals surface area (Å²) in [6.45, 7) is 1.34. The van der Waals surface area contributed by atoms with E-state index in [1.54, 1.807) is 0 Å². The summed E-state index contributed by atoms with van der Waals surface area (Å²) < 4.78 is 11.9. The molecule has 2 atom stereocenters. The molecule has 2 heteroatoms. The molecule has 0 amide bonds. The molecule has 3 rings (SSSR count). The van der Waals surface area contributed by atoms with Gasteiger partial charge in [0.2, 0.25) is 0 Å². The molecule has 0 bridgehead atoms. The van der Waals surface area contributed by atoms with Crippen molar-refractivity contribution in [3.05, 3.63) is 60.2 Å². The summed E-state index contributed by atoms with van der Waals surface area (Å²) in [7, 11) is 0. The lowest BCUT2D eigenvalue weighted by atomic mass is 9.83. The Morgan fingerprint density at radius 3 is 2.53 bits per heavy atom. The van der Waals surface area contributed by atoms with Crippen molar-refractivity contribution in [1.82, 2.24) is 0 Å². The highest BCUT2D eigenvalue weighted by molar-refractivity contribution is 5.29. The van der Waals surface area contributed by atoms with Crippen molar-refractivity contribution < 1.29 is 9.47 Å². The van der Waals surface area contributed by atoms with E-state index in [2.05, 4.69) is 48.6 Å². The Morgan fingerprint density at radius 1 is 1.00 bits per heavy atom. The van der Waals surface area contributed by atoms with Gasteiger partial charge in [-0.15, -0.1) is 0 Å². The van der Waals surface area contributed by atoms with Crippen molar-refractivity contribution in [2.75, 3.05) is 13.2 Å². The van der Waals surface area contributed by atoms with E-state index >= 15 is 0 Å². The highest BCUT2D eigenvalue weighted by Gasteiger charge is 2.42. The Labute approximate surface area is 102 Å². The third-order valence-electron chi connectivity index (χ3n) is 3.43. The van der Waals surface area contributed by atoms with Crippen LogP contribution >= 0.6 is 0 Å². The van der Waals surface area contributed by atoms with Crippen LogP contribution in [0.15, 0.2) is 54.6 Å². The first-order valence-corrected chi connectivity index (χ1v) is 6.04. The number of rotatable bonds is 2. The zero-order valence-electron chi connectivity index (χ0n) is 9.71. The highest BCUT2D eigenvalue weighted by Crippen LogP contribution is 2.39. The second kappa shape index (κ2) is 4.47. The molecular formula is C15H16O2. The molecule has 2 nitrogen and oxygen atoms in total. The molecule has 0 saturated carbocycles. The van der Waals surface area contributed by atoms with E-state index < -0.39 is 0 Å². The van der Waals surface area contributed by atoms with Gasteiger partial charge < -0.3 is 9.47 Å². The number of benzene rings is 1. The molecule has 2 unspecified atom stereocenters. The van der Waals surface area contributed by atoms with Gasteiger partial charge in [-0.05, 0) is 5.56 Å². The minimum Gasteiger partial charge on any atom is -0.367 e. The number of hydrogen-bond donors (Lipinski definition) is 0. The molecule has 0 aromatic heterocycles. The Balaban J connectivity index is 2.01. The van der Waals surface area contributed by atoms with Crippen LogP contribution in [-0.2, 0) is 15.1 Å². The van der Waals surface area contributed by atoms with Gasteiger partial charge in [0.05, 0.1) is 13.2 Å².